The molecule has 2 aliphatic heterocycles. The molecule has 0 aromatic heterocycles. The van der Waals surface area contributed by atoms with Crippen molar-refractivity contribution in [1.29, 1.82) is 0 Å². The van der Waals surface area contributed by atoms with E-state index in [1.54, 1.807) is 4.90 Å². The maximum Gasteiger partial charge on any atom is 0.410 e. The average Bonchev–Trinajstić information content (AvgIpc) is 2.97. The third kappa shape index (κ3) is 10.4. The van der Waals surface area contributed by atoms with E-state index < -0.39 is 5.60 Å². The van der Waals surface area contributed by atoms with Crippen molar-refractivity contribution in [2.75, 3.05) is 59.9 Å². The molecule has 2 aromatic carbocycles. The first kappa shape index (κ1) is 35.8. The molecule has 2 fully saturated rings. The third-order valence-electron chi connectivity index (χ3n) is 8.18. The van der Waals surface area contributed by atoms with Crippen molar-refractivity contribution >= 4 is 12.0 Å². The zero-order chi connectivity index (χ0) is 29.9. The van der Waals surface area contributed by atoms with Gasteiger partial charge in [-0.3, -0.25) is 4.79 Å². The van der Waals surface area contributed by atoms with Crippen molar-refractivity contribution in [2.45, 2.75) is 62.9 Å². The minimum absolute atomic E-state index is 0. The minimum atomic E-state index is -0.446. The van der Waals surface area contributed by atoms with Crippen LogP contribution in [0.2, 0.25) is 0 Å². The summed E-state index contributed by atoms with van der Waals surface area (Å²) in [5.74, 6) is 0.101. The summed E-state index contributed by atoms with van der Waals surface area (Å²) in [4.78, 5) is 27.7. The first-order chi connectivity index (χ1) is 19.5. The molecule has 0 aliphatic carbocycles. The van der Waals surface area contributed by atoms with Gasteiger partial charge in [-0.25, -0.2) is 4.79 Å². The molecule has 0 unspecified atom stereocenters. The van der Waals surface area contributed by atoms with Crippen LogP contribution in [0.25, 0.3) is 0 Å². The van der Waals surface area contributed by atoms with Gasteiger partial charge in [-0.2, -0.15) is 0 Å². The van der Waals surface area contributed by atoms with Gasteiger partial charge >= 0.3 is 6.09 Å². The number of amides is 2. The first-order valence-corrected chi connectivity index (χ1v) is 14.9. The summed E-state index contributed by atoms with van der Waals surface area (Å²) in [5.41, 5.74) is 8.29. The Bertz CT molecular complexity index is 1080. The van der Waals surface area contributed by atoms with Crippen LogP contribution in [-0.2, 0) is 38.9 Å². The largest absolute Gasteiger partial charge is 0.444 e. The van der Waals surface area contributed by atoms with Crippen LogP contribution in [0.1, 0.15) is 57.6 Å². The summed E-state index contributed by atoms with van der Waals surface area (Å²) in [6.45, 7) is 10.9. The maximum absolute atomic E-state index is 12.1. The fourth-order valence-electron chi connectivity index (χ4n) is 5.72. The molecule has 4 N–H and O–H groups in total. The Hall–Kier alpha value is -2.36. The number of rotatable bonds is 7. The van der Waals surface area contributed by atoms with Gasteiger partial charge in [0.1, 0.15) is 5.60 Å². The van der Waals surface area contributed by atoms with Crippen LogP contribution >= 0.6 is 0 Å². The normalized spacial score (nSPS) is 17.7. The van der Waals surface area contributed by atoms with E-state index >= 15 is 0 Å². The Labute approximate surface area is 265 Å². The van der Waals surface area contributed by atoms with Gasteiger partial charge in [-0.1, -0.05) is 60.7 Å². The molecule has 4 rings (SSSR count). The number of hydrogen-bond acceptors (Lipinski definition) is 6. The Morgan fingerprint density at radius 2 is 1.40 bits per heavy atom. The first-order valence-electron chi connectivity index (χ1n) is 14.9. The number of carbonyl (C=O) groups excluding carboxylic acids is 2. The smallest absolute Gasteiger partial charge is 0.410 e. The van der Waals surface area contributed by atoms with Crippen LogP contribution in [0, 0.1) is 0 Å². The molecular formula is C33H51N5O3V. The van der Waals surface area contributed by atoms with E-state index in [1.165, 1.54) is 11.1 Å². The van der Waals surface area contributed by atoms with Gasteiger partial charge in [0.05, 0.1) is 6.54 Å². The zero-order valence-electron chi connectivity index (χ0n) is 26.2. The third-order valence-corrected chi connectivity index (χ3v) is 8.18. The number of likely N-dealkylation sites (tertiary alicyclic amines) is 1. The van der Waals surface area contributed by atoms with Crippen LogP contribution in [-0.4, -0.2) is 87.3 Å². The van der Waals surface area contributed by atoms with Crippen molar-refractivity contribution in [1.82, 2.24) is 20.4 Å². The zero-order valence-corrected chi connectivity index (χ0v) is 27.6. The number of hydrogen-bond donors (Lipinski definition) is 3. The van der Waals surface area contributed by atoms with Gasteiger partial charge in [-0.05, 0) is 84.8 Å². The number of benzene rings is 2. The number of likely N-dealkylation sites (N-methyl/N-ethyl adjacent to an activating group) is 1. The van der Waals surface area contributed by atoms with E-state index in [9.17, 15) is 9.59 Å². The van der Waals surface area contributed by atoms with E-state index in [1.807, 2.05) is 64.0 Å². The molecule has 8 nitrogen and oxygen atoms in total. The number of carbonyl (C=O) groups is 2. The van der Waals surface area contributed by atoms with E-state index in [0.717, 1.165) is 45.3 Å². The van der Waals surface area contributed by atoms with Crippen LogP contribution in [0.4, 0.5) is 4.79 Å². The van der Waals surface area contributed by atoms with Crippen molar-refractivity contribution < 1.29 is 32.9 Å². The van der Waals surface area contributed by atoms with Gasteiger partial charge in [0, 0.05) is 55.6 Å². The standard InChI is InChI=1S/C17H26N2O2.C16H25N3O.V/c1-16(2,3)21-15(20)19-11-9-17(13-18,10-12-19)14-7-5-4-6-8-14;1-19(2)12-15(20)18-13-16(8-10-17-11-9-16)14-6-4-3-5-7-14;/h4-8H,9-13,18H2,1-3H3;3-7,17H,8-13H2,1-2H3,(H,18,20);. The monoisotopic (exact) mass is 616 g/mol. The molecule has 42 heavy (non-hydrogen) atoms. The predicted molar refractivity (Wildman–Crippen MR) is 166 cm³/mol. The molecule has 2 amide bonds. The fraction of sp³-hybridized carbons (Fsp3) is 0.576. The molecule has 2 heterocycles. The van der Waals surface area contributed by atoms with Gasteiger partial charge in [0.25, 0.3) is 0 Å². The van der Waals surface area contributed by atoms with Crippen LogP contribution in [0.5, 0.6) is 0 Å². The van der Waals surface area contributed by atoms with Crippen molar-refractivity contribution in [2.24, 2.45) is 5.73 Å². The Morgan fingerprint density at radius 1 is 0.905 bits per heavy atom. The van der Waals surface area contributed by atoms with Crippen molar-refractivity contribution in [3.05, 3.63) is 71.8 Å². The maximum atomic E-state index is 12.1. The van der Waals surface area contributed by atoms with E-state index in [4.69, 9.17) is 10.5 Å². The molecule has 9 heteroatoms. The Balaban J connectivity index is 0.000000287. The quantitative estimate of drug-likeness (QED) is 0.437. The summed E-state index contributed by atoms with van der Waals surface area (Å²) in [7, 11) is 3.83. The summed E-state index contributed by atoms with van der Waals surface area (Å²) >= 11 is 0. The molecule has 1 radical (unpaired) electrons. The molecular weight excluding hydrogens is 565 g/mol. The molecule has 2 saturated heterocycles. The topological polar surface area (TPSA) is 99.9 Å². The van der Waals surface area contributed by atoms with Gasteiger partial charge in [-0.15, -0.1) is 0 Å². The molecule has 0 atom stereocenters. The Kier molecular flexibility index (Phi) is 14.1. The number of nitrogens with zero attached hydrogens (tertiary/aromatic N) is 2. The molecule has 0 spiro atoms. The van der Waals surface area contributed by atoms with Gasteiger partial charge in [0.2, 0.25) is 5.91 Å². The molecule has 0 bridgehead atoms. The summed E-state index contributed by atoms with van der Waals surface area (Å²) in [6.07, 6.45) is 3.68. The van der Waals surface area contributed by atoms with Crippen LogP contribution < -0.4 is 16.4 Å². The SMILES string of the molecule is CC(C)(C)OC(=O)N1CCC(CN)(c2ccccc2)CC1.CN(C)CC(=O)NCC1(c2ccccc2)CCNCC1.[V]. The fourth-order valence-corrected chi connectivity index (χ4v) is 5.72. The second-order valence-electron chi connectivity index (χ2n) is 12.7. The number of piperidine rings is 2. The molecule has 231 valence electrons. The summed E-state index contributed by atoms with van der Waals surface area (Å²) in [5, 5.41) is 6.52. The van der Waals surface area contributed by atoms with Gasteiger partial charge < -0.3 is 30.9 Å². The van der Waals surface area contributed by atoms with Crippen molar-refractivity contribution in [3.63, 3.8) is 0 Å². The minimum Gasteiger partial charge on any atom is -0.444 e. The van der Waals surface area contributed by atoms with E-state index in [2.05, 4.69) is 47.0 Å². The summed E-state index contributed by atoms with van der Waals surface area (Å²) in [6, 6.07) is 21.0. The van der Waals surface area contributed by atoms with Crippen LogP contribution in [0.3, 0.4) is 0 Å². The Morgan fingerprint density at radius 3 is 1.86 bits per heavy atom. The van der Waals surface area contributed by atoms with Gasteiger partial charge in [0.15, 0.2) is 0 Å². The van der Waals surface area contributed by atoms with E-state index in [0.29, 0.717) is 26.2 Å². The number of nitrogens with two attached hydrogens (primary N) is 1. The van der Waals surface area contributed by atoms with E-state index in [-0.39, 0.29) is 41.4 Å². The number of nitrogens with one attached hydrogen (secondary N) is 2. The summed E-state index contributed by atoms with van der Waals surface area (Å²) < 4.78 is 5.44. The van der Waals surface area contributed by atoms with Crippen LogP contribution in [0.15, 0.2) is 60.7 Å². The van der Waals surface area contributed by atoms with Crippen molar-refractivity contribution in [3.8, 4) is 0 Å². The molecule has 0 saturated carbocycles. The predicted octanol–water partition coefficient (Wildman–Crippen LogP) is 3.90. The molecule has 2 aliphatic rings. The second-order valence-corrected chi connectivity index (χ2v) is 12.7. The second kappa shape index (κ2) is 16.5. The number of ether oxygens (including phenoxy) is 1. The molecule has 2 aromatic rings. The average molecular weight is 617 g/mol.